The molecule has 0 aromatic heterocycles. The molecule has 0 aromatic carbocycles. The second-order valence-electron chi connectivity index (χ2n) is 1.95. The van der Waals surface area contributed by atoms with E-state index in [0.717, 1.165) is 12.1 Å². The molecule has 0 unspecified atom stereocenters. The van der Waals surface area contributed by atoms with Crippen LogP contribution in [0.2, 0.25) is 0 Å². The summed E-state index contributed by atoms with van der Waals surface area (Å²) in [5.74, 6) is 0. The molecule has 1 aliphatic heterocycles. The highest BCUT2D eigenvalue weighted by Gasteiger charge is 2.00. The van der Waals surface area contributed by atoms with Gasteiger partial charge in [-0.25, -0.2) is 0 Å². The predicted octanol–water partition coefficient (Wildman–Crippen LogP) is 1.14. The fourth-order valence-corrected chi connectivity index (χ4v) is 0.690. The first-order chi connectivity index (χ1) is 4.84. The van der Waals surface area contributed by atoms with Crippen LogP contribution < -0.4 is 5.73 Å². The van der Waals surface area contributed by atoms with Gasteiger partial charge < -0.3 is 10.6 Å². The van der Waals surface area contributed by atoms with Crippen molar-refractivity contribution in [2.24, 2.45) is 10.9 Å². The molecule has 0 saturated carbocycles. The Morgan fingerprint density at radius 2 is 2.50 bits per heavy atom. The van der Waals surface area contributed by atoms with Crippen LogP contribution in [0, 0.1) is 0 Å². The first-order valence-electron chi connectivity index (χ1n) is 3.20. The molecule has 1 heterocycles. The number of oxime groups is 1. The number of hydrogen-bond donors (Lipinski definition) is 1. The van der Waals surface area contributed by atoms with Gasteiger partial charge in [0.1, 0.15) is 12.0 Å². The highest BCUT2D eigenvalue weighted by molar-refractivity contribution is 5.99. The monoisotopic (exact) mass is 138 g/mol. The van der Waals surface area contributed by atoms with Crippen LogP contribution in [0.3, 0.4) is 0 Å². The molecule has 54 valence electrons. The Balaban J connectivity index is 2.81. The van der Waals surface area contributed by atoms with Gasteiger partial charge in [-0.1, -0.05) is 12.1 Å². The predicted molar refractivity (Wildman–Crippen MR) is 40.2 cm³/mol. The second-order valence-corrected chi connectivity index (χ2v) is 1.95. The standard InChI is InChI=1S/C7H10N2O/c1-2-7-6(8)4-3-5-10-9-7/h3-5H,2,8H2,1H3. The molecule has 1 rings (SSSR count). The molecule has 0 saturated heterocycles. The fourth-order valence-electron chi connectivity index (χ4n) is 0.690. The first kappa shape index (κ1) is 6.86. The topological polar surface area (TPSA) is 47.6 Å². The van der Waals surface area contributed by atoms with Crippen LogP contribution in [-0.2, 0) is 4.84 Å². The Morgan fingerprint density at radius 1 is 1.70 bits per heavy atom. The summed E-state index contributed by atoms with van der Waals surface area (Å²) in [6.07, 6.45) is 5.79. The second kappa shape index (κ2) is 3.06. The third-order valence-corrected chi connectivity index (χ3v) is 1.25. The molecule has 3 nitrogen and oxygen atoms in total. The highest BCUT2D eigenvalue weighted by atomic mass is 16.6. The summed E-state index contributed by atoms with van der Waals surface area (Å²) in [5, 5.41) is 3.76. The Labute approximate surface area is 59.8 Å². The van der Waals surface area contributed by atoms with E-state index in [1.54, 1.807) is 12.2 Å². The van der Waals surface area contributed by atoms with E-state index in [1.165, 1.54) is 6.26 Å². The van der Waals surface area contributed by atoms with Gasteiger partial charge in [0.05, 0.1) is 5.70 Å². The molecule has 0 spiro atoms. The van der Waals surface area contributed by atoms with Crippen molar-refractivity contribution in [2.45, 2.75) is 13.3 Å². The lowest BCUT2D eigenvalue weighted by molar-refractivity contribution is 0.268. The molecule has 0 atom stereocenters. The van der Waals surface area contributed by atoms with E-state index in [-0.39, 0.29) is 0 Å². The van der Waals surface area contributed by atoms with E-state index < -0.39 is 0 Å². The van der Waals surface area contributed by atoms with E-state index in [2.05, 4.69) is 5.16 Å². The van der Waals surface area contributed by atoms with Crippen LogP contribution in [0.15, 0.2) is 29.3 Å². The third-order valence-electron chi connectivity index (χ3n) is 1.25. The van der Waals surface area contributed by atoms with Crippen molar-refractivity contribution in [3.63, 3.8) is 0 Å². The zero-order valence-corrected chi connectivity index (χ0v) is 5.87. The first-order valence-corrected chi connectivity index (χ1v) is 3.20. The maximum absolute atomic E-state index is 5.59. The van der Waals surface area contributed by atoms with E-state index in [4.69, 9.17) is 10.6 Å². The van der Waals surface area contributed by atoms with Crippen molar-refractivity contribution in [1.29, 1.82) is 0 Å². The Bertz CT molecular complexity index is 204. The number of hydrogen-bond acceptors (Lipinski definition) is 3. The van der Waals surface area contributed by atoms with Crippen LogP contribution in [-0.4, -0.2) is 5.71 Å². The summed E-state index contributed by atoms with van der Waals surface area (Å²) in [5.41, 5.74) is 7.06. The van der Waals surface area contributed by atoms with Crippen LogP contribution >= 0.6 is 0 Å². The number of rotatable bonds is 1. The third kappa shape index (κ3) is 1.37. The SMILES string of the molecule is CCC1=NOC=CC=C1N. The molecular formula is C7H10N2O. The maximum Gasteiger partial charge on any atom is 0.122 e. The van der Waals surface area contributed by atoms with Crippen molar-refractivity contribution in [2.75, 3.05) is 0 Å². The minimum atomic E-state index is 0.677. The summed E-state index contributed by atoms with van der Waals surface area (Å²) in [7, 11) is 0. The lowest BCUT2D eigenvalue weighted by atomic mass is 10.2. The minimum Gasteiger partial charge on any atom is -0.397 e. The van der Waals surface area contributed by atoms with Gasteiger partial charge in [-0.3, -0.25) is 0 Å². The minimum absolute atomic E-state index is 0.677. The summed E-state index contributed by atoms with van der Waals surface area (Å²) < 4.78 is 0. The van der Waals surface area contributed by atoms with Crippen LogP contribution in [0.25, 0.3) is 0 Å². The Hall–Kier alpha value is -1.25. The molecule has 1 aliphatic rings. The number of allylic oxidation sites excluding steroid dienone is 3. The van der Waals surface area contributed by atoms with E-state index in [0.29, 0.717) is 5.70 Å². The summed E-state index contributed by atoms with van der Waals surface area (Å²) >= 11 is 0. The smallest absolute Gasteiger partial charge is 0.122 e. The van der Waals surface area contributed by atoms with Crippen molar-refractivity contribution in [1.82, 2.24) is 0 Å². The van der Waals surface area contributed by atoms with E-state index >= 15 is 0 Å². The molecule has 10 heavy (non-hydrogen) atoms. The maximum atomic E-state index is 5.59. The van der Waals surface area contributed by atoms with Gasteiger partial charge >= 0.3 is 0 Å². The van der Waals surface area contributed by atoms with Crippen molar-refractivity contribution >= 4 is 5.71 Å². The lowest BCUT2D eigenvalue weighted by Gasteiger charge is -1.97. The molecule has 3 heteroatoms. The molecule has 0 bridgehead atoms. The molecule has 0 radical (unpaired) electrons. The Kier molecular flexibility index (Phi) is 2.10. The van der Waals surface area contributed by atoms with E-state index in [1.807, 2.05) is 6.92 Å². The van der Waals surface area contributed by atoms with Gasteiger partial charge in [0.15, 0.2) is 0 Å². The Morgan fingerprint density at radius 3 is 3.20 bits per heavy atom. The molecule has 0 fully saturated rings. The average Bonchev–Trinajstić information content (AvgIpc) is 2.13. The van der Waals surface area contributed by atoms with Crippen LogP contribution in [0.5, 0.6) is 0 Å². The zero-order chi connectivity index (χ0) is 7.40. The number of nitrogens with zero attached hydrogens (tertiary/aromatic N) is 1. The van der Waals surface area contributed by atoms with Crippen molar-refractivity contribution in [3.05, 3.63) is 24.1 Å². The summed E-state index contributed by atoms with van der Waals surface area (Å²) in [6, 6.07) is 0. The molecular weight excluding hydrogens is 128 g/mol. The fraction of sp³-hybridized carbons (Fsp3) is 0.286. The van der Waals surface area contributed by atoms with Crippen LogP contribution in [0.1, 0.15) is 13.3 Å². The molecule has 0 aromatic rings. The van der Waals surface area contributed by atoms with Crippen molar-refractivity contribution in [3.8, 4) is 0 Å². The van der Waals surface area contributed by atoms with E-state index in [9.17, 15) is 0 Å². The quantitative estimate of drug-likeness (QED) is 0.590. The van der Waals surface area contributed by atoms with Gasteiger partial charge in [0.25, 0.3) is 0 Å². The van der Waals surface area contributed by atoms with Gasteiger partial charge in [-0.05, 0) is 18.6 Å². The number of nitrogens with two attached hydrogens (primary N) is 1. The van der Waals surface area contributed by atoms with Gasteiger partial charge in [-0.15, -0.1) is 0 Å². The average molecular weight is 138 g/mol. The molecule has 0 aliphatic carbocycles. The van der Waals surface area contributed by atoms with Gasteiger partial charge in [0, 0.05) is 0 Å². The summed E-state index contributed by atoms with van der Waals surface area (Å²) in [4.78, 5) is 4.74. The zero-order valence-electron chi connectivity index (χ0n) is 5.87. The normalized spacial score (nSPS) is 16.9. The van der Waals surface area contributed by atoms with Gasteiger partial charge in [-0.2, -0.15) is 0 Å². The van der Waals surface area contributed by atoms with Gasteiger partial charge in [0.2, 0.25) is 0 Å². The van der Waals surface area contributed by atoms with Crippen LogP contribution in [0.4, 0.5) is 0 Å². The molecule has 0 amide bonds. The van der Waals surface area contributed by atoms with Crippen molar-refractivity contribution < 1.29 is 4.84 Å². The largest absolute Gasteiger partial charge is 0.397 e. The summed E-state index contributed by atoms with van der Waals surface area (Å²) in [6.45, 7) is 1.98. The lowest BCUT2D eigenvalue weighted by Crippen LogP contribution is -2.09. The molecule has 2 N–H and O–H groups in total. The highest BCUT2D eigenvalue weighted by Crippen LogP contribution is 2.01.